The molecule has 3 atom stereocenters. The fourth-order valence-corrected chi connectivity index (χ4v) is 3.27. The zero-order valence-electron chi connectivity index (χ0n) is 16.6. The Kier molecular flexibility index (Phi) is 5.75. The molecule has 0 radical (unpaired) electrons. The molecule has 0 unspecified atom stereocenters. The monoisotopic (exact) mass is 447 g/mol. The number of hydrogen-bond donors (Lipinski definition) is 2. The zero-order chi connectivity index (χ0) is 22.1. The summed E-state index contributed by atoms with van der Waals surface area (Å²) in [4.78, 5) is 21.1. The van der Waals surface area contributed by atoms with Gasteiger partial charge in [-0.2, -0.15) is 4.98 Å². The van der Waals surface area contributed by atoms with Crippen LogP contribution in [0, 0.1) is 5.82 Å². The number of nitrogens with zero attached hydrogens (tertiary/aromatic N) is 4. The van der Waals surface area contributed by atoms with Crippen molar-refractivity contribution in [2.75, 3.05) is 16.8 Å². The van der Waals surface area contributed by atoms with Crippen LogP contribution in [0.15, 0.2) is 41.1 Å². The first-order chi connectivity index (χ1) is 14.8. The molecular formula is C20H19ClFN5O4. The van der Waals surface area contributed by atoms with Crippen LogP contribution in [0.25, 0.3) is 11.3 Å². The summed E-state index contributed by atoms with van der Waals surface area (Å²) < 4.78 is 24.7. The quantitative estimate of drug-likeness (QED) is 0.586. The molecule has 1 fully saturated rings. The molecule has 2 aromatic heterocycles. The summed E-state index contributed by atoms with van der Waals surface area (Å²) in [7, 11) is 0. The standard InChI is InChI=1S/C20H19ClFN5O4/c1-10(17-7-15(26-31-17)12-3-5-13(21)6-4-12)24-19-23-8-14(22)18(25-19)27-16(11(2)28)9-30-20(27)29/h3-8,10-11,16,28H,9H2,1-2H3,(H,23,24,25)/t10-,11+,16+/m0/s1. The third-order valence-electron chi connectivity index (χ3n) is 4.86. The molecule has 9 nitrogen and oxygen atoms in total. The summed E-state index contributed by atoms with van der Waals surface area (Å²) in [6.45, 7) is 3.22. The number of rotatable bonds is 6. The van der Waals surface area contributed by atoms with Crippen molar-refractivity contribution in [2.24, 2.45) is 0 Å². The van der Waals surface area contributed by atoms with Crippen molar-refractivity contribution in [2.45, 2.75) is 32.0 Å². The first kappa shape index (κ1) is 21.0. The fraction of sp³-hybridized carbons (Fsp3) is 0.300. The Hall–Kier alpha value is -3.24. The van der Waals surface area contributed by atoms with Gasteiger partial charge in [-0.3, -0.25) is 0 Å². The molecule has 1 aliphatic rings. The van der Waals surface area contributed by atoms with E-state index in [1.54, 1.807) is 25.1 Å². The van der Waals surface area contributed by atoms with Gasteiger partial charge < -0.3 is 19.7 Å². The number of aliphatic hydroxyl groups is 1. The van der Waals surface area contributed by atoms with Crippen molar-refractivity contribution in [3.8, 4) is 11.3 Å². The summed E-state index contributed by atoms with van der Waals surface area (Å²) >= 11 is 5.91. The van der Waals surface area contributed by atoms with Crippen molar-refractivity contribution in [3.05, 3.63) is 53.1 Å². The van der Waals surface area contributed by atoms with Crippen molar-refractivity contribution in [1.29, 1.82) is 0 Å². The lowest BCUT2D eigenvalue weighted by Crippen LogP contribution is -2.42. The number of aliphatic hydroxyl groups excluding tert-OH is 1. The first-order valence-corrected chi connectivity index (χ1v) is 9.87. The molecule has 0 saturated carbocycles. The number of anilines is 2. The average Bonchev–Trinajstić information content (AvgIpc) is 3.37. The van der Waals surface area contributed by atoms with Gasteiger partial charge in [0.05, 0.1) is 18.3 Å². The Morgan fingerprint density at radius 3 is 2.77 bits per heavy atom. The van der Waals surface area contributed by atoms with Crippen LogP contribution in [-0.2, 0) is 4.74 Å². The Morgan fingerprint density at radius 2 is 2.06 bits per heavy atom. The van der Waals surface area contributed by atoms with Crippen molar-refractivity contribution in [3.63, 3.8) is 0 Å². The molecule has 1 saturated heterocycles. The van der Waals surface area contributed by atoms with Crippen molar-refractivity contribution >= 4 is 29.5 Å². The predicted octanol–water partition coefficient (Wildman–Crippen LogP) is 3.80. The van der Waals surface area contributed by atoms with Crippen LogP contribution < -0.4 is 10.2 Å². The maximum Gasteiger partial charge on any atom is 0.416 e. The van der Waals surface area contributed by atoms with Crippen molar-refractivity contribution in [1.82, 2.24) is 15.1 Å². The molecule has 3 heterocycles. The zero-order valence-corrected chi connectivity index (χ0v) is 17.4. The average molecular weight is 448 g/mol. The summed E-state index contributed by atoms with van der Waals surface area (Å²) in [6.07, 6.45) is -0.774. The number of carbonyl (C=O) groups is 1. The van der Waals surface area contributed by atoms with Gasteiger partial charge in [-0.15, -0.1) is 0 Å². The van der Waals surface area contributed by atoms with Gasteiger partial charge in [0.1, 0.15) is 18.3 Å². The fourth-order valence-electron chi connectivity index (χ4n) is 3.15. The van der Waals surface area contributed by atoms with Crippen LogP contribution >= 0.6 is 11.6 Å². The molecule has 31 heavy (non-hydrogen) atoms. The summed E-state index contributed by atoms with van der Waals surface area (Å²) in [6, 6.07) is 7.75. The highest BCUT2D eigenvalue weighted by atomic mass is 35.5. The second-order valence-corrected chi connectivity index (χ2v) is 7.54. The molecule has 0 bridgehead atoms. The van der Waals surface area contributed by atoms with Crippen LogP contribution in [0.2, 0.25) is 5.02 Å². The summed E-state index contributed by atoms with van der Waals surface area (Å²) in [5.74, 6) is -0.524. The van der Waals surface area contributed by atoms with E-state index in [0.717, 1.165) is 16.7 Å². The highest BCUT2D eigenvalue weighted by molar-refractivity contribution is 6.30. The molecule has 1 aliphatic heterocycles. The van der Waals surface area contributed by atoms with Crippen LogP contribution in [-0.4, -0.2) is 45.1 Å². The third-order valence-corrected chi connectivity index (χ3v) is 5.11. The van der Waals surface area contributed by atoms with Gasteiger partial charge in [-0.1, -0.05) is 28.9 Å². The lowest BCUT2D eigenvalue weighted by molar-refractivity contribution is 0.142. The van der Waals surface area contributed by atoms with Crippen LogP contribution in [0.3, 0.4) is 0 Å². The van der Waals surface area contributed by atoms with E-state index in [4.69, 9.17) is 20.9 Å². The number of amides is 1. The minimum absolute atomic E-state index is 0.0648. The molecular weight excluding hydrogens is 429 g/mol. The second-order valence-electron chi connectivity index (χ2n) is 7.11. The van der Waals surface area contributed by atoms with Gasteiger partial charge in [0, 0.05) is 16.7 Å². The SMILES string of the molecule is C[C@H](Nc1ncc(F)c(N2C(=O)OC[C@@H]2[C@@H](C)O)n1)c1cc(-c2ccc(Cl)cc2)no1. The number of ether oxygens (including phenoxy) is 1. The highest BCUT2D eigenvalue weighted by Gasteiger charge is 2.39. The van der Waals surface area contributed by atoms with Crippen LogP contribution in [0.1, 0.15) is 25.6 Å². The normalized spacial score (nSPS) is 18.0. The minimum atomic E-state index is -0.934. The van der Waals surface area contributed by atoms with Crippen LogP contribution in [0.4, 0.5) is 21.0 Å². The number of halogens is 2. The second kappa shape index (κ2) is 8.48. The van der Waals surface area contributed by atoms with Gasteiger partial charge in [0.15, 0.2) is 17.4 Å². The van der Waals surface area contributed by atoms with Gasteiger partial charge in [0.25, 0.3) is 0 Å². The number of benzene rings is 1. The number of carbonyl (C=O) groups excluding carboxylic acids is 1. The largest absolute Gasteiger partial charge is 0.447 e. The summed E-state index contributed by atoms with van der Waals surface area (Å²) in [5, 5.41) is 17.6. The lowest BCUT2D eigenvalue weighted by Gasteiger charge is -2.23. The Balaban J connectivity index is 1.54. The number of cyclic esters (lactones) is 1. The van der Waals surface area contributed by atoms with E-state index in [0.29, 0.717) is 16.5 Å². The maximum absolute atomic E-state index is 14.4. The van der Waals surface area contributed by atoms with Crippen molar-refractivity contribution < 1.29 is 23.6 Å². The third kappa shape index (κ3) is 4.30. The van der Waals surface area contributed by atoms with Crippen LogP contribution in [0.5, 0.6) is 0 Å². The predicted molar refractivity (Wildman–Crippen MR) is 110 cm³/mol. The van der Waals surface area contributed by atoms with Gasteiger partial charge in [-0.25, -0.2) is 19.1 Å². The number of aromatic nitrogens is 3. The Labute approximate surface area is 181 Å². The molecule has 11 heteroatoms. The van der Waals surface area contributed by atoms with E-state index in [9.17, 15) is 14.3 Å². The Bertz CT molecular complexity index is 1090. The van der Waals surface area contributed by atoms with Gasteiger partial charge in [-0.05, 0) is 26.0 Å². The maximum atomic E-state index is 14.4. The Morgan fingerprint density at radius 1 is 1.32 bits per heavy atom. The topological polar surface area (TPSA) is 114 Å². The molecule has 4 rings (SSSR count). The lowest BCUT2D eigenvalue weighted by atomic mass is 10.1. The molecule has 162 valence electrons. The van der Waals surface area contributed by atoms with Gasteiger partial charge >= 0.3 is 6.09 Å². The molecule has 3 aromatic rings. The highest BCUT2D eigenvalue weighted by Crippen LogP contribution is 2.28. The van der Waals surface area contributed by atoms with E-state index < -0.39 is 30.1 Å². The van der Waals surface area contributed by atoms with E-state index in [2.05, 4.69) is 20.4 Å². The smallest absolute Gasteiger partial charge is 0.416 e. The first-order valence-electron chi connectivity index (χ1n) is 9.49. The van der Waals surface area contributed by atoms with Gasteiger partial charge in [0.2, 0.25) is 5.95 Å². The molecule has 0 spiro atoms. The summed E-state index contributed by atoms with van der Waals surface area (Å²) in [5.41, 5.74) is 1.46. The molecule has 1 aromatic carbocycles. The van der Waals surface area contributed by atoms with E-state index in [1.807, 2.05) is 12.1 Å². The minimum Gasteiger partial charge on any atom is -0.447 e. The van der Waals surface area contributed by atoms with E-state index in [-0.39, 0.29) is 18.4 Å². The number of hydrogen-bond acceptors (Lipinski definition) is 8. The van der Waals surface area contributed by atoms with E-state index in [1.165, 1.54) is 6.92 Å². The molecule has 0 aliphatic carbocycles. The molecule has 1 amide bonds. The van der Waals surface area contributed by atoms with E-state index >= 15 is 0 Å². The molecule has 2 N–H and O–H groups in total. The number of nitrogens with one attached hydrogen (secondary N) is 1.